The molecule has 0 radical (unpaired) electrons. The summed E-state index contributed by atoms with van der Waals surface area (Å²) in [5.41, 5.74) is 5.07. The first-order valence-electron chi connectivity index (χ1n) is 6.00. The Hall–Kier alpha value is -1.61. The van der Waals surface area contributed by atoms with Gasteiger partial charge in [-0.1, -0.05) is 30.7 Å². The van der Waals surface area contributed by atoms with Crippen LogP contribution < -0.4 is 5.32 Å². The lowest BCUT2D eigenvalue weighted by Gasteiger charge is -2.09. The fourth-order valence-corrected chi connectivity index (χ4v) is 1.93. The lowest BCUT2D eigenvalue weighted by molar-refractivity contribution is 0.727. The topological polar surface area (TPSA) is 29.9 Å². The minimum Gasteiger partial charge on any atom is -0.313 e. The second-order valence-electron chi connectivity index (χ2n) is 4.34. The second-order valence-corrected chi connectivity index (χ2v) is 4.34. The molecular formula is C14H19N3. The van der Waals surface area contributed by atoms with Crippen LogP contribution in [0.25, 0.3) is 11.1 Å². The largest absolute Gasteiger partial charge is 0.313 e. The molecule has 3 heteroatoms. The van der Waals surface area contributed by atoms with E-state index in [1.807, 2.05) is 17.9 Å². The molecule has 0 fully saturated rings. The number of nitrogens with zero attached hydrogens (tertiary/aromatic N) is 2. The molecule has 2 aromatic rings. The molecule has 1 aromatic heterocycles. The molecule has 0 aliphatic rings. The standard InChI is InChI=1S/C14H19N3/c1-4-15-8-12-6-5-11(2)7-14(12)13-9-16-17(3)10-13/h5-7,9-10,15H,4,8H2,1-3H3. The third-order valence-corrected chi connectivity index (χ3v) is 2.85. The van der Waals surface area contributed by atoms with Gasteiger partial charge in [0.15, 0.2) is 0 Å². The molecule has 0 saturated carbocycles. The molecule has 0 amide bonds. The maximum Gasteiger partial charge on any atom is 0.0568 e. The lowest BCUT2D eigenvalue weighted by atomic mass is 10.00. The van der Waals surface area contributed by atoms with E-state index in [0.29, 0.717) is 0 Å². The van der Waals surface area contributed by atoms with E-state index in [2.05, 4.69) is 48.7 Å². The molecule has 1 N–H and O–H groups in total. The number of hydrogen-bond acceptors (Lipinski definition) is 2. The summed E-state index contributed by atoms with van der Waals surface area (Å²) < 4.78 is 1.84. The average Bonchev–Trinajstić information content (AvgIpc) is 2.74. The molecule has 2 rings (SSSR count). The summed E-state index contributed by atoms with van der Waals surface area (Å²) >= 11 is 0. The third-order valence-electron chi connectivity index (χ3n) is 2.85. The van der Waals surface area contributed by atoms with Crippen molar-refractivity contribution in [1.29, 1.82) is 0 Å². The smallest absolute Gasteiger partial charge is 0.0568 e. The molecule has 0 unspecified atom stereocenters. The SMILES string of the molecule is CCNCc1ccc(C)cc1-c1cnn(C)c1. The van der Waals surface area contributed by atoms with Gasteiger partial charge in [-0.05, 0) is 24.6 Å². The molecule has 1 aromatic carbocycles. The quantitative estimate of drug-likeness (QED) is 0.873. The Morgan fingerprint density at radius 3 is 2.82 bits per heavy atom. The number of hydrogen-bond donors (Lipinski definition) is 1. The van der Waals surface area contributed by atoms with E-state index in [1.165, 1.54) is 22.3 Å². The maximum absolute atomic E-state index is 4.24. The molecule has 1 heterocycles. The lowest BCUT2D eigenvalue weighted by Crippen LogP contribution is -2.12. The van der Waals surface area contributed by atoms with Crippen LogP contribution in [-0.4, -0.2) is 16.3 Å². The van der Waals surface area contributed by atoms with Crippen LogP contribution in [0.1, 0.15) is 18.1 Å². The predicted octanol–water partition coefficient (Wildman–Crippen LogP) is 2.51. The number of rotatable bonds is 4. The first-order chi connectivity index (χ1) is 8.20. The van der Waals surface area contributed by atoms with Crippen molar-refractivity contribution in [3.05, 3.63) is 41.7 Å². The summed E-state index contributed by atoms with van der Waals surface area (Å²) in [5, 5.41) is 7.61. The van der Waals surface area contributed by atoms with Gasteiger partial charge in [0.1, 0.15) is 0 Å². The summed E-state index contributed by atoms with van der Waals surface area (Å²) in [4.78, 5) is 0. The van der Waals surface area contributed by atoms with E-state index in [4.69, 9.17) is 0 Å². The normalized spacial score (nSPS) is 10.8. The summed E-state index contributed by atoms with van der Waals surface area (Å²) in [6.07, 6.45) is 3.98. The molecule has 0 spiro atoms. The predicted molar refractivity (Wildman–Crippen MR) is 70.8 cm³/mol. The highest BCUT2D eigenvalue weighted by atomic mass is 15.2. The number of benzene rings is 1. The maximum atomic E-state index is 4.24. The second kappa shape index (κ2) is 5.15. The Bertz CT molecular complexity index is 500. The zero-order valence-corrected chi connectivity index (χ0v) is 10.7. The van der Waals surface area contributed by atoms with Gasteiger partial charge in [0, 0.05) is 25.4 Å². The Balaban J connectivity index is 2.39. The van der Waals surface area contributed by atoms with Gasteiger partial charge in [0.25, 0.3) is 0 Å². The third kappa shape index (κ3) is 2.74. The monoisotopic (exact) mass is 229 g/mol. The molecule has 3 nitrogen and oxygen atoms in total. The molecule has 0 aliphatic heterocycles. The Morgan fingerprint density at radius 2 is 2.18 bits per heavy atom. The summed E-state index contributed by atoms with van der Waals surface area (Å²) in [6.45, 7) is 6.14. The first-order valence-corrected chi connectivity index (χ1v) is 6.00. The van der Waals surface area contributed by atoms with Crippen LogP contribution in [0.3, 0.4) is 0 Å². The first kappa shape index (κ1) is 11.9. The van der Waals surface area contributed by atoms with Crippen molar-refractivity contribution < 1.29 is 0 Å². The van der Waals surface area contributed by atoms with Crippen LogP contribution in [0, 0.1) is 6.92 Å². The summed E-state index contributed by atoms with van der Waals surface area (Å²) in [5.74, 6) is 0. The van der Waals surface area contributed by atoms with Crippen LogP contribution in [0.2, 0.25) is 0 Å². The van der Waals surface area contributed by atoms with Gasteiger partial charge >= 0.3 is 0 Å². The Kier molecular flexibility index (Phi) is 3.59. The molecule has 0 atom stereocenters. The highest BCUT2D eigenvalue weighted by Crippen LogP contribution is 2.24. The van der Waals surface area contributed by atoms with Crippen molar-refractivity contribution in [2.45, 2.75) is 20.4 Å². The fourth-order valence-electron chi connectivity index (χ4n) is 1.93. The molecule has 17 heavy (non-hydrogen) atoms. The highest BCUT2D eigenvalue weighted by molar-refractivity contribution is 5.66. The van der Waals surface area contributed by atoms with E-state index < -0.39 is 0 Å². The molecule has 0 saturated heterocycles. The van der Waals surface area contributed by atoms with Crippen LogP contribution in [0.15, 0.2) is 30.6 Å². The number of aromatic nitrogens is 2. The van der Waals surface area contributed by atoms with Crippen molar-refractivity contribution in [2.24, 2.45) is 7.05 Å². The zero-order valence-electron chi connectivity index (χ0n) is 10.7. The van der Waals surface area contributed by atoms with Gasteiger partial charge in [-0.2, -0.15) is 5.10 Å². The van der Waals surface area contributed by atoms with Gasteiger partial charge in [0.05, 0.1) is 6.20 Å². The summed E-state index contributed by atoms with van der Waals surface area (Å²) in [6, 6.07) is 6.58. The molecule has 0 bridgehead atoms. The van der Waals surface area contributed by atoms with Gasteiger partial charge < -0.3 is 5.32 Å². The zero-order chi connectivity index (χ0) is 12.3. The van der Waals surface area contributed by atoms with E-state index in [9.17, 15) is 0 Å². The van der Waals surface area contributed by atoms with E-state index in [0.717, 1.165) is 13.1 Å². The molecule has 90 valence electrons. The van der Waals surface area contributed by atoms with Crippen LogP contribution >= 0.6 is 0 Å². The molecule has 0 aliphatic carbocycles. The number of aryl methyl sites for hydroxylation is 2. The van der Waals surface area contributed by atoms with Crippen LogP contribution in [0.5, 0.6) is 0 Å². The number of nitrogens with one attached hydrogen (secondary N) is 1. The fraction of sp³-hybridized carbons (Fsp3) is 0.357. The van der Waals surface area contributed by atoms with E-state index >= 15 is 0 Å². The van der Waals surface area contributed by atoms with E-state index in [-0.39, 0.29) is 0 Å². The van der Waals surface area contributed by atoms with Crippen molar-refractivity contribution in [2.75, 3.05) is 6.54 Å². The van der Waals surface area contributed by atoms with Crippen molar-refractivity contribution in [1.82, 2.24) is 15.1 Å². The van der Waals surface area contributed by atoms with Gasteiger partial charge in [-0.15, -0.1) is 0 Å². The van der Waals surface area contributed by atoms with Gasteiger partial charge in [-0.25, -0.2) is 0 Å². The molecular weight excluding hydrogens is 210 g/mol. The minimum atomic E-state index is 0.904. The van der Waals surface area contributed by atoms with Gasteiger partial charge in [0.2, 0.25) is 0 Å². The Morgan fingerprint density at radius 1 is 1.35 bits per heavy atom. The highest BCUT2D eigenvalue weighted by Gasteiger charge is 2.06. The van der Waals surface area contributed by atoms with Crippen molar-refractivity contribution in [3.8, 4) is 11.1 Å². The van der Waals surface area contributed by atoms with Crippen molar-refractivity contribution in [3.63, 3.8) is 0 Å². The summed E-state index contributed by atoms with van der Waals surface area (Å²) in [7, 11) is 1.95. The van der Waals surface area contributed by atoms with E-state index in [1.54, 1.807) is 0 Å². The minimum absolute atomic E-state index is 0.904. The average molecular weight is 229 g/mol. The van der Waals surface area contributed by atoms with Crippen molar-refractivity contribution >= 4 is 0 Å². The Labute approximate surface area is 102 Å². The van der Waals surface area contributed by atoms with Gasteiger partial charge in [-0.3, -0.25) is 4.68 Å². The van der Waals surface area contributed by atoms with Crippen LogP contribution in [0.4, 0.5) is 0 Å². The van der Waals surface area contributed by atoms with Crippen LogP contribution in [-0.2, 0) is 13.6 Å².